The number of quaternary nitrogens is 1. The van der Waals surface area contributed by atoms with Crippen LogP contribution in [0.1, 0.15) is 12.5 Å². The third kappa shape index (κ3) is 4.08. The highest BCUT2D eigenvalue weighted by molar-refractivity contribution is 5.97. The molecule has 1 aliphatic rings. The third-order valence-electron chi connectivity index (χ3n) is 4.52. The molecular formula is C20H23FN3O2+. The van der Waals surface area contributed by atoms with Crippen molar-refractivity contribution in [2.75, 3.05) is 30.4 Å². The topological polar surface area (TPSA) is 53.9 Å². The number of benzene rings is 2. The van der Waals surface area contributed by atoms with Gasteiger partial charge in [0.15, 0.2) is 13.1 Å². The molecule has 2 atom stereocenters. The average Bonchev–Trinajstić information content (AvgIpc) is 2.92. The number of likely N-dealkylation sites (N-methyl/N-ethyl adjacent to an activating group) is 1. The number of halogens is 1. The molecule has 1 aliphatic heterocycles. The molecule has 0 saturated carbocycles. The molecule has 1 heterocycles. The molecule has 1 unspecified atom stereocenters. The Balaban J connectivity index is 1.56. The number of carbonyl (C=O) groups is 2. The summed E-state index contributed by atoms with van der Waals surface area (Å²) < 4.78 is 12.9. The zero-order chi connectivity index (χ0) is 18.7. The summed E-state index contributed by atoms with van der Waals surface area (Å²) >= 11 is 0. The Bertz CT molecular complexity index is 807. The van der Waals surface area contributed by atoms with Gasteiger partial charge >= 0.3 is 0 Å². The first-order valence-electron chi connectivity index (χ1n) is 8.70. The minimum atomic E-state index is -0.351. The molecule has 5 nitrogen and oxygen atoms in total. The summed E-state index contributed by atoms with van der Waals surface area (Å²) in [6.45, 7) is 2.43. The fraction of sp³-hybridized carbons (Fsp3) is 0.300. The lowest BCUT2D eigenvalue weighted by Gasteiger charge is -2.24. The molecule has 2 aromatic carbocycles. The van der Waals surface area contributed by atoms with Crippen molar-refractivity contribution in [2.24, 2.45) is 0 Å². The van der Waals surface area contributed by atoms with Gasteiger partial charge in [0.2, 0.25) is 0 Å². The molecule has 26 heavy (non-hydrogen) atoms. The standard InChI is InChI=1S/C20H22FN3O2/c1-14-11-15-5-3-4-6-18(15)24(14)20(26)13-23(2)12-19(25)22-17-9-7-16(21)8-10-17/h3-10,14H,11-13H2,1-2H3,(H,22,25)/p+1/t14-/m1/s1. The maximum absolute atomic E-state index is 12.9. The maximum atomic E-state index is 12.9. The number of nitrogens with one attached hydrogen (secondary N) is 2. The van der Waals surface area contributed by atoms with Crippen LogP contribution in [0.4, 0.5) is 15.8 Å². The third-order valence-corrected chi connectivity index (χ3v) is 4.52. The molecule has 2 amide bonds. The van der Waals surface area contributed by atoms with E-state index in [0.717, 1.165) is 17.0 Å². The Morgan fingerprint density at radius 2 is 1.85 bits per heavy atom. The smallest absolute Gasteiger partial charge is 0.282 e. The van der Waals surface area contributed by atoms with Gasteiger partial charge in [-0.15, -0.1) is 0 Å². The summed E-state index contributed by atoms with van der Waals surface area (Å²) in [5.74, 6) is -0.553. The highest BCUT2D eigenvalue weighted by Crippen LogP contribution is 2.31. The molecule has 2 N–H and O–H groups in total. The number of anilines is 2. The fourth-order valence-corrected chi connectivity index (χ4v) is 3.36. The molecule has 0 bridgehead atoms. The van der Waals surface area contributed by atoms with E-state index >= 15 is 0 Å². The van der Waals surface area contributed by atoms with Crippen molar-refractivity contribution in [1.29, 1.82) is 0 Å². The second-order valence-electron chi connectivity index (χ2n) is 6.81. The van der Waals surface area contributed by atoms with E-state index in [2.05, 4.69) is 5.32 Å². The van der Waals surface area contributed by atoms with Gasteiger partial charge in [-0.2, -0.15) is 0 Å². The lowest BCUT2D eigenvalue weighted by atomic mass is 10.1. The van der Waals surface area contributed by atoms with Crippen LogP contribution in [-0.2, 0) is 16.0 Å². The van der Waals surface area contributed by atoms with Gasteiger partial charge in [0.25, 0.3) is 11.8 Å². The van der Waals surface area contributed by atoms with E-state index in [1.165, 1.54) is 29.8 Å². The van der Waals surface area contributed by atoms with Crippen LogP contribution in [0.15, 0.2) is 48.5 Å². The summed E-state index contributed by atoms with van der Waals surface area (Å²) in [7, 11) is 1.81. The lowest BCUT2D eigenvalue weighted by molar-refractivity contribution is -0.862. The molecule has 0 radical (unpaired) electrons. The van der Waals surface area contributed by atoms with Gasteiger partial charge in [-0.1, -0.05) is 18.2 Å². The predicted molar refractivity (Wildman–Crippen MR) is 98.7 cm³/mol. The number of hydrogen-bond acceptors (Lipinski definition) is 2. The Labute approximate surface area is 152 Å². The van der Waals surface area contributed by atoms with Gasteiger partial charge in [0, 0.05) is 17.4 Å². The summed E-state index contributed by atoms with van der Waals surface area (Å²) in [5.41, 5.74) is 2.69. The van der Waals surface area contributed by atoms with Crippen LogP contribution < -0.4 is 15.1 Å². The van der Waals surface area contributed by atoms with Crippen LogP contribution in [0.3, 0.4) is 0 Å². The van der Waals surface area contributed by atoms with Crippen LogP contribution >= 0.6 is 0 Å². The van der Waals surface area contributed by atoms with Crippen molar-refractivity contribution in [3.63, 3.8) is 0 Å². The molecule has 0 fully saturated rings. The second-order valence-corrected chi connectivity index (χ2v) is 6.81. The summed E-state index contributed by atoms with van der Waals surface area (Å²) in [6, 6.07) is 13.7. The van der Waals surface area contributed by atoms with Gasteiger partial charge in [0.05, 0.1) is 7.05 Å². The van der Waals surface area contributed by atoms with Crippen LogP contribution in [0.2, 0.25) is 0 Å². The summed E-state index contributed by atoms with van der Waals surface area (Å²) in [5, 5.41) is 2.72. The van der Waals surface area contributed by atoms with E-state index in [1.54, 1.807) is 0 Å². The summed E-state index contributed by atoms with van der Waals surface area (Å²) in [4.78, 5) is 27.5. The monoisotopic (exact) mass is 356 g/mol. The number of amides is 2. The van der Waals surface area contributed by atoms with Crippen molar-refractivity contribution in [3.8, 4) is 0 Å². The largest absolute Gasteiger partial charge is 0.322 e. The molecule has 3 rings (SSSR count). The van der Waals surface area contributed by atoms with Crippen molar-refractivity contribution >= 4 is 23.2 Å². The van der Waals surface area contributed by atoms with E-state index in [0.29, 0.717) is 5.69 Å². The maximum Gasteiger partial charge on any atom is 0.282 e. The molecular weight excluding hydrogens is 333 g/mol. The van der Waals surface area contributed by atoms with E-state index in [4.69, 9.17) is 0 Å². The number of hydrogen-bond donors (Lipinski definition) is 2. The molecule has 0 saturated heterocycles. The fourth-order valence-electron chi connectivity index (χ4n) is 3.36. The number of para-hydroxylation sites is 1. The lowest BCUT2D eigenvalue weighted by Crippen LogP contribution is -3.11. The Morgan fingerprint density at radius 1 is 1.15 bits per heavy atom. The highest BCUT2D eigenvalue weighted by Gasteiger charge is 2.32. The van der Waals surface area contributed by atoms with Crippen molar-refractivity contribution in [3.05, 3.63) is 59.9 Å². The molecule has 0 spiro atoms. The van der Waals surface area contributed by atoms with Gasteiger partial charge in [0.1, 0.15) is 5.82 Å². The molecule has 2 aromatic rings. The number of carbonyl (C=O) groups excluding carboxylic acids is 2. The van der Waals surface area contributed by atoms with E-state index in [-0.39, 0.29) is 36.8 Å². The minimum Gasteiger partial charge on any atom is -0.322 e. The molecule has 0 aromatic heterocycles. The summed E-state index contributed by atoms with van der Waals surface area (Å²) in [6.07, 6.45) is 0.853. The minimum absolute atomic E-state index is 0.00883. The number of fused-ring (bicyclic) bond motifs is 1. The predicted octanol–water partition coefficient (Wildman–Crippen LogP) is 1.26. The average molecular weight is 356 g/mol. The van der Waals surface area contributed by atoms with Crippen LogP contribution in [-0.4, -0.2) is 38.0 Å². The SMILES string of the molecule is C[C@@H]1Cc2ccccc2N1C(=O)C[NH+](C)CC(=O)Nc1ccc(F)cc1. The molecule has 0 aliphatic carbocycles. The normalized spacial score (nSPS) is 16.9. The van der Waals surface area contributed by atoms with Gasteiger partial charge in [-0.25, -0.2) is 4.39 Å². The quantitative estimate of drug-likeness (QED) is 0.847. The Hall–Kier alpha value is -2.73. The first kappa shape index (κ1) is 18.1. The van der Waals surface area contributed by atoms with Crippen molar-refractivity contribution < 1.29 is 18.9 Å². The first-order valence-corrected chi connectivity index (χ1v) is 8.70. The highest BCUT2D eigenvalue weighted by atomic mass is 19.1. The molecule has 136 valence electrons. The number of rotatable bonds is 5. The molecule has 6 heteroatoms. The van der Waals surface area contributed by atoms with Crippen LogP contribution in [0.5, 0.6) is 0 Å². The first-order chi connectivity index (χ1) is 12.4. The van der Waals surface area contributed by atoms with E-state index in [1.807, 2.05) is 43.1 Å². The van der Waals surface area contributed by atoms with E-state index in [9.17, 15) is 14.0 Å². The van der Waals surface area contributed by atoms with Gasteiger partial charge in [-0.3, -0.25) is 9.59 Å². The van der Waals surface area contributed by atoms with Crippen molar-refractivity contribution in [1.82, 2.24) is 0 Å². The van der Waals surface area contributed by atoms with Crippen molar-refractivity contribution in [2.45, 2.75) is 19.4 Å². The Morgan fingerprint density at radius 3 is 2.58 bits per heavy atom. The van der Waals surface area contributed by atoms with Crippen LogP contribution in [0.25, 0.3) is 0 Å². The Kier molecular flexibility index (Phi) is 5.32. The van der Waals surface area contributed by atoms with E-state index < -0.39 is 0 Å². The van der Waals surface area contributed by atoms with Crippen LogP contribution in [0, 0.1) is 5.82 Å². The van der Waals surface area contributed by atoms with Gasteiger partial charge in [-0.05, 0) is 49.2 Å². The number of nitrogens with zero attached hydrogens (tertiary/aromatic N) is 1. The van der Waals surface area contributed by atoms with Gasteiger partial charge < -0.3 is 15.1 Å². The second kappa shape index (κ2) is 7.66. The zero-order valence-electron chi connectivity index (χ0n) is 15.0. The zero-order valence-corrected chi connectivity index (χ0v) is 15.0.